The van der Waals surface area contributed by atoms with E-state index >= 15 is 0 Å². The molecule has 7 heteroatoms. The summed E-state index contributed by atoms with van der Waals surface area (Å²) < 4.78 is 20.9. The van der Waals surface area contributed by atoms with Gasteiger partial charge in [-0.3, -0.25) is 4.79 Å². The Kier molecular flexibility index (Phi) is 7.46. The van der Waals surface area contributed by atoms with Crippen LogP contribution in [0.2, 0.25) is 5.02 Å². The topological polar surface area (TPSA) is 71.1 Å². The molecule has 0 N–H and O–H groups in total. The summed E-state index contributed by atoms with van der Waals surface area (Å²) in [5.41, 5.74) is 1.77. The largest absolute Gasteiger partial charge is 0.496 e. The summed E-state index contributed by atoms with van der Waals surface area (Å²) in [4.78, 5) is 23.6. The predicted molar refractivity (Wildman–Crippen MR) is 106 cm³/mol. The lowest BCUT2D eigenvalue weighted by atomic mass is 10.1. The van der Waals surface area contributed by atoms with Crippen LogP contribution in [0.5, 0.6) is 17.2 Å². The van der Waals surface area contributed by atoms with Crippen LogP contribution >= 0.6 is 11.6 Å². The van der Waals surface area contributed by atoms with Crippen molar-refractivity contribution in [3.05, 3.63) is 58.1 Å². The lowest BCUT2D eigenvalue weighted by Crippen LogP contribution is -2.04. The maximum atomic E-state index is 12.1. The van der Waals surface area contributed by atoms with E-state index in [0.717, 1.165) is 0 Å². The van der Waals surface area contributed by atoms with E-state index < -0.39 is 5.97 Å². The van der Waals surface area contributed by atoms with E-state index in [2.05, 4.69) is 0 Å². The number of methoxy groups -OCH3 is 3. The van der Waals surface area contributed by atoms with Gasteiger partial charge < -0.3 is 18.9 Å². The van der Waals surface area contributed by atoms with E-state index in [1.807, 2.05) is 0 Å². The molecule has 0 heterocycles. The molecule has 0 atom stereocenters. The highest BCUT2D eigenvalue weighted by atomic mass is 35.5. The number of ketones is 1. The number of Topliss-reactive ketones (excluding diaryl/α,β-unsaturated/α-hetero) is 1. The molecule has 2 aromatic rings. The van der Waals surface area contributed by atoms with Crippen LogP contribution in [0.25, 0.3) is 6.08 Å². The molecule has 28 heavy (non-hydrogen) atoms. The summed E-state index contributed by atoms with van der Waals surface area (Å²) >= 11 is 6.15. The minimum atomic E-state index is -0.554. The van der Waals surface area contributed by atoms with E-state index in [0.29, 0.717) is 39.0 Å². The van der Waals surface area contributed by atoms with Crippen molar-refractivity contribution in [2.24, 2.45) is 0 Å². The van der Waals surface area contributed by atoms with Gasteiger partial charge in [0, 0.05) is 17.2 Å². The smallest absolute Gasteiger partial charge is 0.331 e. The number of hydrogen-bond donors (Lipinski definition) is 0. The van der Waals surface area contributed by atoms with Crippen LogP contribution in [0.1, 0.15) is 28.4 Å². The van der Waals surface area contributed by atoms with Gasteiger partial charge in [0.2, 0.25) is 0 Å². The van der Waals surface area contributed by atoms with Gasteiger partial charge in [-0.25, -0.2) is 4.79 Å². The van der Waals surface area contributed by atoms with Crippen molar-refractivity contribution in [2.75, 3.05) is 21.3 Å². The third-order valence-corrected chi connectivity index (χ3v) is 4.21. The molecule has 0 radical (unpaired) electrons. The van der Waals surface area contributed by atoms with Crippen LogP contribution in [0.15, 0.2) is 36.4 Å². The van der Waals surface area contributed by atoms with E-state index in [1.54, 1.807) is 36.4 Å². The number of halogens is 1. The number of benzene rings is 2. The van der Waals surface area contributed by atoms with Gasteiger partial charge in [0.1, 0.15) is 12.4 Å². The van der Waals surface area contributed by atoms with Crippen molar-refractivity contribution in [2.45, 2.75) is 13.5 Å². The van der Waals surface area contributed by atoms with E-state index in [4.69, 9.17) is 30.5 Å². The Labute approximate surface area is 168 Å². The molecule has 0 saturated heterocycles. The number of hydrogen-bond acceptors (Lipinski definition) is 6. The van der Waals surface area contributed by atoms with Gasteiger partial charge in [0.25, 0.3) is 0 Å². The summed E-state index contributed by atoms with van der Waals surface area (Å²) in [5, 5.41) is 0.362. The third kappa shape index (κ3) is 5.27. The highest BCUT2D eigenvalue weighted by molar-refractivity contribution is 6.32. The van der Waals surface area contributed by atoms with Crippen molar-refractivity contribution in [1.29, 1.82) is 0 Å². The molecule has 0 aromatic heterocycles. The molecule has 0 spiro atoms. The first-order valence-electron chi connectivity index (χ1n) is 8.33. The second-order valence-corrected chi connectivity index (χ2v) is 6.17. The van der Waals surface area contributed by atoms with Gasteiger partial charge in [0.15, 0.2) is 17.3 Å². The molecule has 0 aliphatic rings. The van der Waals surface area contributed by atoms with Crippen LogP contribution in [0.4, 0.5) is 0 Å². The van der Waals surface area contributed by atoms with Crippen LogP contribution in [-0.2, 0) is 16.1 Å². The van der Waals surface area contributed by atoms with Crippen molar-refractivity contribution in [3.63, 3.8) is 0 Å². The number of carbonyl (C=O) groups excluding carboxylic acids is 2. The number of esters is 1. The minimum absolute atomic E-state index is 0.0276. The molecular weight excluding hydrogens is 384 g/mol. The van der Waals surface area contributed by atoms with E-state index in [9.17, 15) is 9.59 Å². The fraction of sp³-hybridized carbons (Fsp3) is 0.238. The monoisotopic (exact) mass is 404 g/mol. The molecule has 0 bridgehead atoms. The SMILES string of the molecule is COc1ccc(C(C)=O)cc1COC(=O)/C=C/c1cc(Cl)c(OC)c(OC)c1. The molecule has 0 amide bonds. The van der Waals surface area contributed by atoms with Gasteiger partial charge >= 0.3 is 5.97 Å². The average molecular weight is 405 g/mol. The highest BCUT2D eigenvalue weighted by Crippen LogP contribution is 2.36. The highest BCUT2D eigenvalue weighted by Gasteiger charge is 2.11. The Morgan fingerprint density at radius 2 is 1.71 bits per heavy atom. The molecule has 6 nitrogen and oxygen atoms in total. The van der Waals surface area contributed by atoms with Crippen LogP contribution in [-0.4, -0.2) is 33.1 Å². The van der Waals surface area contributed by atoms with Crippen LogP contribution in [0, 0.1) is 0 Å². The predicted octanol–water partition coefficient (Wildman–Crippen LogP) is 4.33. The lowest BCUT2D eigenvalue weighted by Gasteiger charge is -2.10. The number of carbonyl (C=O) groups is 2. The summed E-state index contributed by atoms with van der Waals surface area (Å²) in [5.74, 6) is 0.769. The van der Waals surface area contributed by atoms with Gasteiger partial charge in [-0.1, -0.05) is 11.6 Å². The summed E-state index contributed by atoms with van der Waals surface area (Å²) in [7, 11) is 4.50. The van der Waals surface area contributed by atoms with Crippen LogP contribution in [0.3, 0.4) is 0 Å². The molecular formula is C21H21ClO6. The Hall–Kier alpha value is -2.99. The fourth-order valence-electron chi connectivity index (χ4n) is 2.51. The zero-order valence-electron chi connectivity index (χ0n) is 16.1. The summed E-state index contributed by atoms with van der Waals surface area (Å²) in [6.45, 7) is 1.44. The number of rotatable bonds is 8. The number of ether oxygens (including phenoxy) is 4. The molecule has 0 saturated carbocycles. The molecule has 2 rings (SSSR count). The van der Waals surface area contributed by atoms with Gasteiger partial charge in [-0.2, -0.15) is 0 Å². The fourth-order valence-corrected chi connectivity index (χ4v) is 2.80. The molecule has 0 unspecified atom stereocenters. The third-order valence-electron chi connectivity index (χ3n) is 3.92. The second kappa shape index (κ2) is 9.80. The van der Waals surface area contributed by atoms with Gasteiger partial charge in [0.05, 0.1) is 26.4 Å². The zero-order valence-corrected chi connectivity index (χ0v) is 16.8. The Bertz CT molecular complexity index is 904. The Balaban J connectivity index is 2.10. The minimum Gasteiger partial charge on any atom is -0.496 e. The average Bonchev–Trinajstić information content (AvgIpc) is 2.69. The quantitative estimate of drug-likeness (QED) is 0.370. The molecule has 148 valence electrons. The van der Waals surface area contributed by atoms with Crippen molar-refractivity contribution >= 4 is 29.4 Å². The van der Waals surface area contributed by atoms with E-state index in [-0.39, 0.29) is 12.4 Å². The van der Waals surface area contributed by atoms with Gasteiger partial charge in [-0.05, 0) is 48.9 Å². The molecule has 2 aromatic carbocycles. The molecule has 0 fully saturated rings. The Morgan fingerprint density at radius 3 is 2.32 bits per heavy atom. The molecule has 0 aliphatic heterocycles. The maximum absolute atomic E-state index is 12.1. The molecule has 0 aliphatic carbocycles. The first-order chi connectivity index (χ1) is 13.4. The Morgan fingerprint density at radius 1 is 1.00 bits per heavy atom. The first-order valence-corrected chi connectivity index (χ1v) is 8.71. The van der Waals surface area contributed by atoms with Gasteiger partial charge in [-0.15, -0.1) is 0 Å². The van der Waals surface area contributed by atoms with Crippen molar-refractivity contribution in [3.8, 4) is 17.2 Å². The first kappa shape index (κ1) is 21.3. The van der Waals surface area contributed by atoms with Crippen molar-refractivity contribution < 1.29 is 28.5 Å². The summed E-state index contributed by atoms with van der Waals surface area (Å²) in [6, 6.07) is 8.31. The normalized spacial score (nSPS) is 10.6. The van der Waals surface area contributed by atoms with E-state index in [1.165, 1.54) is 34.3 Å². The van der Waals surface area contributed by atoms with Crippen molar-refractivity contribution in [1.82, 2.24) is 0 Å². The van der Waals surface area contributed by atoms with Crippen LogP contribution < -0.4 is 14.2 Å². The zero-order chi connectivity index (χ0) is 20.7. The lowest BCUT2D eigenvalue weighted by molar-refractivity contribution is -0.138. The standard InChI is InChI=1S/C21H21ClO6/c1-13(23)15-6-7-18(25-2)16(11-15)12-28-20(24)8-5-14-9-17(22)21(27-4)19(10-14)26-3/h5-11H,12H2,1-4H3/b8-5+. The maximum Gasteiger partial charge on any atom is 0.331 e. The summed E-state index contributed by atoms with van der Waals surface area (Å²) in [6.07, 6.45) is 2.83. The second-order valence-electron chi connectivity index (χ2n) is 5.76.